The molecule has 1 aromatic rings. The summed E-state index contributed by atoms with van der Waals surface area (Å²) in [6.07, 6.45) is 1.89. The van der Waals surface area contributed by atoms with Crippen LogP contribution < -0.4 is 11.3 Å². The van der Waals surface area contributed by atoms with Gasteiger partial charge >= 0.3 is 0 Å². The minimum atomic E-state index is -0.263. The second-order valence-corrected chi connectivity index (χ2v) is 3.41. The van der Waals surface area contributed by atoms with Crippen LogP contribution in [0.15, 0.2) is 35.9 Å². The molecule has 0 radical (unpaired) electrons. The van der Waals surface area contributed by atoms with E-state index in [1.165, 1.54) is 6.07 Å². The van der Waals surface area contributed by atoms with Crippen molar-refractivity contribution in [3.8, 4) is 0 Å². The zero-order valence-corrected chi connectivity index (χ0v) is 8.42. The summed E-state index contributed by atoms with van der Waals surface area (Å²) in [6, 6.07) is 6.34. The minimum absolute atomic E-state index is 0.243. The Labute approximate surface area is 83.6 Å². The topological polar surface area (TPSA) is 38.0 Å². The second kappa shape index (κ2) is 4.88. The van der Waals surface area contributed by atoms with E-state index in [0.717, 1.165) is 5.57 Å². The van der Waals surface area contributed by atoms with E-state index in [2.05, 4.69) is 5.43 Å². The van der Waals surface area contributed by atoms with Crippen molar-refractivity contribution >= 4 is 0 Å². The molecule has 0 aliphatic heterocycles. The Morgan fingerprint density at radius 2 is 2.07 bits per heavy atom. The zero-order valence-electron chi connectivity index (χ0n) is 8.42. The lowest BCUT2D eigenvalue weighted by Gasteiger charge is -2.13. The van der Waals surface area contributed by atoms with E-state index in [0.29, 0.717) is 5.56 Å². The van der Waals surface area contributed by atoms with Gasteiger partial charge in [-0.15, -0.1) is 0 Å². The third-order valence-corrected chi connectivity index (χ3v) is 1.92. The standard InChI is InChI=1S/C11H15FN2/c1-8(2)7-11(14-13)9-5-3-4-6-10(9)12/h3-7,11,14H,13H2,1-2H3. The van der Waals surface area contributed by atoms with E-state index in [4.69, 9.17) is 5.84 Å². The Bertz CT molecular complexity index is 330. The number of benzene rings is 1. The maximum atomic E-state index is 13.4. The molecular formula is C11H15FN2. The van der Waals surface area contributed by atoms with Crippen LogP contribution in [-0.4, -0.2) is 0 Å². The first kappa shape index (κ1) is 10.9. The van der Waals surface area contributed by atoms with E-state index in [-0.39, 0.29) is 11.9 Å². The van der Waals surface area contributed by atoms with Crippen LogP contribution in [0.1, 0.15) is 25.5 Å². The maximum Gasteiger partial charge on any atom is 0.128 e. The van der Waals surface area contributed by atoms with Crippen LogP contribution in [0.5, 0.6) is 0 Å². The molecule has 0 saturated carbocycles. The summed E-state index contributed by atoms with van der Waals surface area (Å²) in [4.78, 5) is 0. The van der Waals surface area contributed by atoms with Crippen molar-refractivity contribution < 1.29 is 4.39 Å². The van der Waals surface area contributed by atoms with Crippen molar-refractivity contribution in [2.45, 2.75) is 19.9 Å². The molecule has 0 bridgehead atoms. The molecule has 0 saturated heterocycles. The lowest BCUT2D eigenvalue weighted by molar-refractivity contribution is 0.567. The highest BCUT2D eigenvalue weighted by atomic mass is 19.1. The van der Waals surface area contributed by atoms with Crippen LogP contribution in [0.3, 0.4) is 0 Å². The predicted octanol–water partition coefficient (Wildman–Crippen LogP) is 2.30. The van der Waals surface area contributed by atoms with Gasteiger partial charge in [0.25, 0.3) is 0 Å². The lowest BCUT2D eigenvalue weighted by atomic mass is 10.0. The number of hydrazine groups is 1. The maximum absolute atomic E-state index is 13.4. The van der Waals surface area contributed by atoms with Gasteiger partial charge in [0.05, 0.1) is 6.04 Å². The summed E-state index contributed by atoms with van der Waals surface area (Å²) in [5.41, 5.74) is 4.23. The van der Waals surface area contributed by atoms with Crippen LogP contribution in [0.2, 0.25) is 0 Å². The number of nitrogens with two attached hydrogens (primary N) is 1. The van der Waals surface area contributed by atoms with E-state index >= 15 is 0 Å². The van der Waals surface area contributed by atoms with Gasteiger partial charge in [-0.3, -0.25) is 5.84 Å². The smallest absolute Gasteiger partial charge is 0.128 e. The number of halogens is 1. The van der Waals surface area contributed by atoms with Crippen molar-refractivity contribution in [2.24, 2.45) is 5.84 Å². The van der Waals surface area contributed by atoms with Gasteiger partial charge in [-0.1, -0.05) is 29.8 Å². The Hall–Kier alpha value is -1.19. The van der Waals surface area contributed by atoms with Gasteiger partial charge in [0.1, 0.15) is 5.82 Å². The molecule has 2 nitrogen and oxygen atoms in total. The molecule has 0 spiro atoms. The fraction of sp³-hybridized carbons (Fsp3) is 0.273. The number of hydrogen-bond acceptors (Lipinski definition) is 2. The first-order valence-corrected chi connectivity index (χ1v) is 4.50. The highest BCUT2D eigenvalue weighted by Crippen LogP contribution is 2.18. The average Bonchev–Trinajstić information content (AvgIpc) is 2.15. The summed E-state index contributed by atoms with van der Waals surface area (Å²) in [5.74, 6) is 5.12. The predicted molar refractivity (Wildman–Crippen MR) is 55.9 cm³/mol. The van der Waals surface area contributed by atoms with Crippen molar-refractivity contribution in [1.82, 2.24) is 5.43 Å². The van der Waals surface area contributed by atoms with E-state index < -0.39 is 0 Å². The lowest BCUT2D eigenvalue weighted by Crippen LogP contribution is -2.27. The molecule has 0 aromatic heterocycles. The van der Waals surface area contributed by atoms with Crippen LogP contribution >= 0.6 is 0 Å². The SMILES string of the molecule is CC(C)=CC(NN)c1ccccc1F. The summed E-state index contributed by atoms with van der Waals surface area (Å²) in [6.45, 7) is 3.90. The van der Waals surface area contributed by atoms with Gasteiger partial charge in [0, 0.05) is 5.56 Å². The Morgan fingerprint density at radius 3 is 2.57 bits per heavy atom. The Morgan fingerprint density at radius 1 is 1.43 bits per heavy atom. The highest BCUT2D eigenvalue weighted by molar-refractivity contribution is 5.25. The van der Waals surface area contributed by atoms with Crippen LogP contribution in [0.25, 0.3) is 0 Å². The van der Waals surface area contributed by atoms with Gasteiger partial charge in [-0.05, 0) is 19.9 Å². The molecule has 0 aliphatic rings. The first-order chi connectivity index (χ1) is 6.65. The molecule has 1 rings (SSSR count). The van der Waals surface area contributed by atoms with E-state index in [9.17, 15) is 4.39 Å². The molecule has 76 valence electrons. The van der Waals surface area contributed by atoms with Gasteiger partial charge in [0.15, 0.2) is 0 Å². The molecule has 1 atom stereocenters. The largest absolute Gasteiger partial charge is 0.271 e. The summed E-state index contributed by atoms with van der Waals surface area (Å²) >= 11 is 0. The van der Waals surface area contributed by atoms with Crippen molar-refractivity contribution in [3.63, 3.8) is 0 Å². The molecule has 3 N–H and O–H groups in total. The number of nitrogens with one attached hydrogen (secondary N) is 1. The summed E-state index contributed by atoms with van der Waals surface area (Å²) < 4.78 is 13.4. The molecule has 0 amide bonds. The van der Waals surface area contributed by atoms with Crippen LogP contribution in [0, 0.1) is 5.82 Å². The van der Waals surface area contributed by atoms with E-state index in [1.807, 2.05) is 19.9 Å². The van der Waals surface area contributed by atoms with Crippen LogP contribution in [-0.2, 0) is 0 Å². The fourth-order valence-corrected chi connectivity index (χ4v) is 1.29. The molecule has 0 heterocycles. The third kappa shape index (κ3) is 2.65. The minimum Gasteiger partial charge on any atom is -0.271 e. The Balaban J connectivity index is 3.01. The number of rotatable bonds is 3. The van der Waals surface area contributed by atoms with Gasteiger partial charge in [0.2, 0.25) is 0 Å². The van der Waals surface area contributed by atoms with Crippen LogP contribution in [0.4, 0.5) is 4.39 Å². The molecule has 0 fully saturated rings. The zero-order chi connectivity index (χ0) is 10.6. The molecule has 1 unspecified atom stereocenters. The third-order valence-electron chi connectivity index (χ3n) is 1.92. The normalized spacial score (nSPS) is 12.3. The average molecular weight is 194 g/mol. The Kier molecular flexibility index (Phi) is 3.80. The van der Waals surface area contributed by atoms with Gasteiger partial charge < -0.3 is 0 Å². The number of hydrogen-bond donors (Lipinski definition) is 2. The summed E-state index contributed by atoms with van der Waals surface area (Å²) in [7, 11) is 0. The van der Waals surface area contributed by atoms with Gasteiger partial charge in [-0.2, -0.15) is 0 Å². The molecule has 3 heteroatoms. The fourth-order valence-electron chi connectivity index (χ4n) is 1.29. The first-order valence-electron chi connectivity index (χ1n) is 4.50. The van der Waals surface area contributed by atoms with Crippen molar-refractivity contribution in [3.05, 3.63) is 47.3 Å². The molecule has 1 aromatic carbocycles. The second-order valence-electron chi connectivity index (χ2n) is 3.41. The molecular weight excluding hydrogens is 179 g/mol. The molecule has 0 aliphatic carbocycles. The van der Waals surface area contributed by atoms with Gasteiger partial charge in [-0.25, -0.2) is 9.82 Å². The van der Waals surface area contributed by atoms with Crippen molar-refractivity contribution in [1.29, 1.82) is 0 Å². The van der Waals surface area contributed by atoms with Crippen molar-refractivity contribution in [2.75, 3.05) is 0 Å². The van der Waals surface area contributed by atoms with E-state index in [1.54, 1.807) is 18.2 Å². The number of allylic oxidation sites excluding steroid dienone is 1. The highest BCUT2D eigenvalue weighted by Gasteiger charge is 2.10. The molecule has 14 heavy (non-hydrogen) atoms. The quantitative estimate of drug-likeness (QED) is 0.440. The summed E-state index contributed by atoms with van der Waals surface area (Å²) in [5, 5.41) is 0. The monoisotopic (exact) mass is 194 g/mol.